The lowest BCUT2D eigenvalue weighted by Crippen LogP contribution is -2.22. The second kappa shape index (κ2) is 6.36. The van der Waals surface area contributed by atoms with Gasteiger partial charge in [-0.15, -0.1) is 0 Å². The van der Waals surface area contributed by atoms with E-state index >= 15 is 0 Å². The third kappa shape index (κ3) is 2.90. The first-order valence-electron chi connectivity index (χ1n) is 7.67. The van der Waals surface area contributed by atoms with Crippen LogP contribution in [-0.2, 0) is 4.79 Å². The van der Waals surface area contributed by atoms with Crippen molar-refractivity contribution in [1.82, 2.24) is 15.2 Å². The highest BCUT2D eigenvalue weighted by Crippen LogP contribution is 2.32. The van der Waals surface area contributed by atoms with E-state index in [1.165, 1.54) is 19.2 Å². The molecule has 0 radical (unpaired) electrons. The molecule has 1 fully saturated rings. The van der Waals surface area contributed by atoms with Gasteiger partial charge in [-0.25, -0.2) is 4.79 Å². The van der Waals surface area contributed by atoms with E-state index in [0.29, 0.717) is 11.4 Å². The molecule has 134 valence electrons. The van der Waals surface area contributed by atoms with Gasteiger partial charge >= 0.3 is 6.03 Å². The minimum Gasteiger partial charge on any atom is -0.494 e. The molecule has 26 heavy (non-hydrogen) atoms. The van der Waals surface area contributed by atoms with Gasteiger partial charge in [-0.3, -0.25) is 20.2 Å². The van der Waals surface area contributed by atoms with Gasteiger partial charge in [0.25, 0.3) is 11.6 Å². The average molecular weight is 356 g/mol. The van der Waals surface area contributed by atoms with Crippen LogP contribution >= 0.6 is 0 Å². The predicted octanol–water partition coefficient (Wildman–Crippen LogP) is 2.19. The fourth-order valence-electron chi connectivity index (χ4n) is 2.91. The van der Waals surface area contributed by atoms with Crippen LogP contribution in [0, 0.1) is 24.0 Å². The van der Waals surface area contributed by atoms with Crippen LogP contribution in [-0.4, -0.2) is 28.5 Å². The zero-order valence-electron chi connectivity index (χ0n) is 14.3. The summed E-state index contributed by atoms with van der Waals surface area (Å²) in [6.45, 7) is 3.71. The molecule has 0 bridgehead atoms. The standard InChI is InChI=1S/C17H16N4O5/c1-9-6-11(7-13-16(22)19-17(23)18-13)10(2)20(9)14-5-4-12(21(24)25)8-15(14)26-3/h4-8H,1-3H3,(H2,18,19,22,23)/b13-7-. The van der Waals surface area contributed by atoms with Gasteiger partial charge in [-0.1, -0.05) is 0 Å². The molecule has 1 aliphatic heterocycles. The summed E-state index contributed by atoms with van der Waals surface area (Å²) in [7, 11) is 1.44. The summed E-state index contributed by atoms with van der Waals surface area (Å²) in [5, 5.41) is 15.6. The van der Waals surface area contributed by atoms with Crippen LogP contribution in [0.1, 0.15) is 17.0 Å². The number of benzene rings is 1. The van der Waals surface area contributed by atoms with Gasteiger partial charge in [0, 0.05) is 17.5 Å². The number of aromatic nitrogens is 1. The van der Waals surface area contributed by atoms with Crippen molar-refractivity contribution in [2.75, 3.05) is 7.11 Å². The van der Waals surface area contributed by atoms with Crippen LogP contribution in [0.4, 0.5) is 10.5 Å². The Morgan fingerprint density at radius 2 is 1.92 bits per heavy atom. The number of carbonyl (C=O) groups is 2. The first kappa shape index (κ1) is 17.2. The normalized spacial score (nSPS) is 15.1. The van der Waals surface area contributed by atoms with Crippen LogP contribution < -0.4 is 15.4 Å². The minimum atomic E-state index is -0.563. The maximum atomic E-state index is 11.7. The molecule has 0 saturated carbocycles. The number of nitrogens with zero attached hydrogens (tertiary/aromatic N) is 2. The highest BCUT2D eigenvalue weighted by molar-refractivity contribution is 6.14. The summed E-state index contributed by atoms with van der Waals surface area (Å²) in [4.78, 5) is 33.4. The van der Waals surface area contributed by atoms with E-state index in [0.717, 1.165) is 17.0 Å². The molecule has 0 atom stereocenters. The summed E-state index contributed by atoms with van der Waals surface area (Å²) in [6, 6.07) is 5.65. The second-order valence-corrected chi connectivity index (χ2v) is 5.74. The Balaban J connectivity index is 2.09. The molecule has 0 aliphatic carbocycles. The monoisotopic (exact) mass is 356 g/mol. The molecule has 1 saturated heterocycles. The number of nitro groups is 1. The number of carbonyl (C=O) groups excluding carboxylic acids is 2. The first-order valence-corrected chi connectivity index (χ1v) is 7.67. The van der Waals surface area contributed by atoms with Crippen molar-refractivity contribution < 1.29 is 19.2 Å². The van der Waals surface area contributed by atoms with Crippen molar-refractivity contribution in [2.45, 2.75) is 13.8 Å². The smallest absolute Gasteiger partial charge is 0.326 e. The van der Waals surface area contributed by atoms with Gasteiger partial charge in [0.2, 0.25) is 0 Å². The van der Waals surface area contributed by atoms with E-state index in [4.69, 9.17) is 4.74 Å². The Morgan fingerprint density at radius 1 is 1.19 bits per heavy atom. The molecule has 0 unspecified atom stereocenters. The summed E-state index contributed by atoms with van der Waals surface area (Å²) in [6.07, 6.45) is 1.58. The second-order valence-electron chi connectivity index (χ2n) is 5.74. The van der Waals surface area contributed by atoms with E-state index < -0.39 is 16.9 Å². The lowest BCUT2D eigenvalue weighted by molar-refractivity contribution is -0.384. The van der Waals surface area contributed by atoms with Crippen LogP contribution in [0.2, 0.25) is 0 Å². The molecule has 9 nitrogen and oxygen atoms in total. The van der Waals surface area contributed by atoms with Gasteiger partial charge in [0.05, 0.1) is 23.8 Å². The fraction of sp³-hybridized carbons (Fsp3) is 0.176. The molecule has 9 heteroatoms. The van der Waals surface area contributed by atoms with Crippen molar-refractivity contribution in [2.24, 2.45) is 0 Å². The maximum absolute atomic E-state index is 11.7. The summed E-state index contributed by atoms with van der Waals surface area (Å²) >= 11 is 0. The van der Waals surface area contributed by atoms with Crippen molar-refractivity contribution in [3.8, 4) is 11.4 Å². The summed E-state index contributed by atoms with van der Waals surface area (Å²) < 4.78 is 7.18. The molecular weight excluding hydrogens is 340 g/mol. The largest absolute Gasteiger partial charge is 0.494 e. The Kier molecular flexibility index (Phi) is 4.21. The number of aryl methyl sites for hydroxylation is 1. The fourth-order valence-corrected chi connectivity index (χ4v) is 2.91. The molecule has 1 aromatic heterocycles. The number of urea groups is 1. The lowest BCUT2D eigenvalue weighted by Gasteiger charge is -2.13. The quantitative estimate of drug-likeness (QED) is 0.377. The van der Waals surface area contributed by atoms with Crippen molar-refractivity contribution in [3.05, 3.63) is 57.0 Å². The predicted molar refractivity (Wildman–Crippen MR) is 93.1 cm³/mol. The first-order chi connectivity index (χ1) is 12.3. The van der Waals surface area contributed by atoms with Crippen LogP contribution in [0.25, 0.3) is 11.8 Å². The molecule has 3 rings (SSSR count). The number of nitro benzene ring substituents is 1. The summed E-state index contributed by atoms with van der Waals surface area (Å²) in [5.74, 6) is -0.139. The van der Waals surface area contributed by atoms with Gasteiger partial charge in [-0.2, -0.15) is 0 Å². The van der Waals surface area contributed by atoms with Crippen molar-refractivity contribution >= 4 is 23.7 Å². The molecule has 0 spiro atoms. The van der Waals surface area contributed by atoms with Crippen LogP contribution in [0.15, 0.2) is 30.0 Å². The molecule has 2 aromatic rings. The third-order valence-corrected chi connectivity index (χ3v) is 4.11. The van der Waals surface area contributed by atoms with Crippen molar-refractivity contribution in [1.29, 1.82) is 0 Å². The maximum Gasteiger partial charge on any atom is 0.326 e. The van der Waals surface area contributed by atoms with E-state index in [-0.39, 0.29) is 11.4 Å². The number of rotatable bonds is 4. The molecule has 3 amide bonds. The van der Waals surface area contributed by atoms with Crippen LogP contribution in [0.3, 0.4) is 0 Å². The molecule has 2 N–H and O–H groups in total. The molecule has 2 heterocycles. The minimum absolute atomic E-state index is 0.0688. The lowest BCUT2D eigenvalue weighted by atomic mass is 10.2. The number of non-ortho nitro benzene ring substituents is 1. The molecule has 1 aromatic carbocycles. The average Bonchev–Trinajstić information content (AvgIpc) is 3.05. The van der Waals surface area contributed by atoms with Gasteiger partial charge in [-0.05, 0) is 37.6 Å². The number of imide groups is 1. The topological polar surface area (TPSA) is 116 Å². The third-order valence-electron chi connectivity index (χ3n) is 4.11. The van der Waals surface area contributed by atoms with E-state index in [1.807, 2.05) is 24.5 Å². The highest BCUT2D eigenvalue weighted by atomic mass is 16.6. The van der Waals surface area contributed by atoms with E-state index in [1.54, 1.807) is 12.1 Å². The van der Waals surface area contributed by atoms with Crippen molar-refractivity contribution in [3.63, 3.8) is 0 Å². The zero-order valence-corrected chi connectivity index (χ0v) is 14.3. The Morgan fingerprint density at radius 3 is 2.50 bits per heavy atom. The highest BCUT2D eigenvalue weighted by Gasteiger charge is 2.24. The Labute approximate surface area is 148 Å². The number of methoxy groups -OCH3 is 1. The zero-order chi connectivity index (χ0) is 19.0. The Bertz CT molecular complexity index is 974. The van der Waals surface area contributed by atoms with Gasteiger partial charge < -0.3 is 14.6 Å². The Hall–Kier alpha value is -3.62. The van der Waals surface area contributed by atoms with Gasteiger partial charge in [0.15, 0.2) is 0 Å². The number of nitrogens with one attached hydrogen (secondary N) is 2. The van der Waals surface area contributed by atoms with Gasteiger partial charge in [0.1, 0.15) is 11.4 Å². The SMILES string of the molecule is COc1cc([N+](=O)[O-])ccc1-n1c(C)cc(/C=C2\NC(=O)NC2=O)c1C. The number of hydrogen-bond acceptors (Lipinski definition) is 5. The number of hydrogen-bond donors (Lipinski definition) is 2. The molecule has 1 aliphatic rings. The van der Waals surface area contributed by atoms with E-state index in [2.05, 4.69) is 10.6 Å². The molecular formula is C17H16N4O5. The number of amides is 3. The summed E-state index contributed by atoms with van der Waals surface area (Å²) in [5.41, 5.74) is 3.09. The van der Waals surface area contributed by atoms with Crippen LogP contribution in [0.5, 0.6) is 5.75 Å². The van der Waals surface area contributed by atoms with E-state index in [9.17, 15) is 19.7 Å². The number of ether oxygens (including phenoxy) is 1.